The molecule has 118 valence electrons. The average molecular weight is 302 g/mol. The van der Waals surface area contributed by atoms with Gasteiger partial charge in [-0.05, 0) is 44.7 Å². The molecule has 0 saturated carbocycles. The van der Waals surface area contributed by atoms with Crippen LogP contribution in [0.5, 0.6) is 0 Å². The zero-order chi connectivity index (χ0) is 15.7. The minimum atomic E-state index is -0.0453. The molecule has 22 heavy (non-hydrogen) atoms. The van der Waals surface area contributed by atoms with E-state index in [-0.39, 0.29) is 11.9 Å². The van der Waals surface area contributed by atoms with Gasteiger partial charge < -0.3 is 15.1 Å². The van der Waals surface area contributed by atoms with Crippen molar-refractivity contribution in [3.8, 4) is 11.5 Å². The van der Waals surface area contributed by atoms with E-state index < -0.39 is 0 Å². The van der Waals surface area contributed by atoms with Crippen LogP contribution in [0.25, 0.3) is 11.5 Å². The van der Waals surface area contributed by atoms with Crippen molar-refractivity contribution in [1.29, 1.82) is 0 Å². The summed E-state index contributed by atoms with van der Waals surface area (Å²) in [4.78, 5) is 14.4. The summed E-state index contributed by atoms with van der Waals surface area (Å²) in [5.41, 5.74) is 7.12. The number of aromatic amines is 1. The minimum Gasteiger partial charge on any atom is -0.460 e. The molecule has 1 fully saturated rings. The molecular weight excluding hydrogens is 280 g/mol. The van der Waals surface area contributed by atoms with Crippen molar-refractivity contribution in [1.82, 2.24) is 15.1 Å². The van der Waals surface area contributed by atoms with Gasteiger partial charge in [-0.15, -0.1) is 0 Å². The van der Waals surface area contributed by atoms with Gasteiger partial charge in [0.1, 0.15) is 11.5 Å². The Kier molecular flexibility index (Phi) is 4.02. The number of carbonyl (C=O) groups is 1. The van der Waals surface area contributed by atoms with E-state index in [9.17, 15) is 4.79 Å². The molecule has 0 aromatic carbocycles. The summed E-state index contributed by atoms with van der Waals surface area (Å²) in [6.07, 6.45) is 2.07. The van der Waals surface area contributed by atoms with Crippen molar-refractivity contribution in [2.75, 3.05) is 13.1 Å². The van der Waals surface area contributed by atoms with E-state index in [4.69, 9.17) is 10.2 Å². The first-order valence-electron chi connectivity index (χ1n) is 7.71. The summed E-state index contributed by atoms with van der Waals surface area (Å²) < 4.78 is 5.54. The number of nitrogens with zero attached hydrogens (tertiary/aromatic N) is 2. The Balaban J connectivity index is 1.74. The summed E-state index contributed by atoms with van der Waals surface area (Å²) in [5.74, 6) is 1.84. The highest BCUT2D eigenvalue weighted by Crippen LogP contribution is 2.23. The Morgan fingerprint density at radius 3 is 3.05 bits per heavy atom. The predicted molar refractivity (Wildman–Crippen MR) is 83.3 cm³/mol. The molecule has 3 heterocycles. The predicted octanol–water partition coefficient (Wildman–Crippen LogP) is 2.18. The van der Waals surface area contributed by atoms with Crippen molar-refractivity contribution in [2.24, 2.45) is 11.7 Å². The smallest absolute Gasteiger partial charge is 0.274 e. The van der Waals surface area contributed by atoms with Crippen LogP contribution in [0.3, 0.4) is 0 Å². The van der Waals surface area contributed by atoms with Crippen LogP contribution in [-0.4, -0.2) is 40.1 Å². The lowest BCUT2D eigenvalue weighted by atomic mass is 9.92. The maximum atomic E-state index is 12.6. The van der Waals surface area contributed by atoms with E-state index in [2.05, 4.69) is 10.2 Å². The maximum Gasteiger partial charge on any atom is 0.274 e. The van der Waals surface area contributed by atoms with Gasteiger partial charge in [0.2, 0.25) is 0 Å². The number of hydrogen-bond donors (Lipinski definition) is 2. The van der Waals surface area contributed by atoms with E-state index >= 15 is 0 Å². The molecule has 6 heteroatoms. The van der Waals surface area contributed by atoms with E-state index in [1.54, 1.807) is 6.07 Å². The molecule has 2 unspecified atom stereocenters. The molecular formula is C16H22N4O2. The van der Waals surface area contributed by atoms with Crippen molar-refractivity contribution in [2.45, 2.75) is 32.7 Å². The molecule has 2 atom stereocenters. The molecule has 1 aliphatic rings. The van der Waals surface area contributed by atoms with Gasteiger partial charge in [0.25, 0.3) is 5.91 Å². The molecule has 0 aliphatic carbocycles. The zero-order valence-electron chi connectivity index (χ0n) is 13.0. The topological polar surface area (TPSA) is 88.1 Å². The van der Waals surface area contributed by atoms with Crippen LogP contribution in [0.2, 0.25) is 0 Å². The van der Waals surface area contributed by atoms with Crippen molar-refractivity contribution in [3.05, 3.63) is 29.7 Å². The summed E-state index contributed by atoms with van der Waals surface area (Å²) in [7, 11) is 0. The van der Waals surface area contributed by atoms with Gasteiger partial charge in [-0.25, -0.2) is 0 Å². The third-order valence-electron chi connectivity index (χ3n) is 4.29. The van der Waals surface area contributed by atoms with Gasteiger partial charge in [0.15, 0.2) is 11.5 Å². The van der Waals surface area contributed by atoms with Crippen LogP contribution in [0, 0.1) is 12.8 Å². The van der Waals surface area contributed by atoms with Gasteiger partial charge >= 0.3 is 0 Å². The number of aromatic nitrogens is 2. The molecule has 1 saturated heterocycles. The maximum absolute atomic E-state index is 12.6. The Labute approximate surface area is 129 Å². The Bertz CT molecular complexity index is 659. The van der Waals surface area contributed by atoms with Gasteiger partial charge in [0.05, 0.1) is 0 Å². The molecule has 1 amide bonds. The number of amides is 1. The zero-order valence-corrected chi connectivity index (χ0v) is 13.0. The lowest BCUT2D eigenvalue weighted by Crippen LogP contribution is -2.45. The van der Waals surface area contributed by atoms with E-state index in [0.29, 0.717) is 23.9 Å². The number of carbonyl (C=O) groups excluding carboxylic acids is 1. The first-order chi connectivity index (χ1) is 10.5. The highest BCUT2D eigenvalue weighted by Gasteiger charge is 2.27. The first-order valence-corrected chi connectivity index (χ1v) is 7.71. The largest absolute Gasteiger partial charge is 0.460 e. The lowest BCUT2D eigenvalue weighted by Gasteiger charge is -2.34. The highest BCUT2D eigenvalue weighted by atomic mass is 16.3. The summed E-state index contributed by atoms with van der Waals surface area (Å²) >= 11 is 0. The SMILES string of the molecule is Cc1ccc(-c2cc(C(=O)N3CCCC(C(C)N)C3)n[nH]2)o1. The quantitative estimate of drug-likeness (QED) is 0.909. The van der Waals surface area contributed by atoms with E-state index in [1.165, 1.54) is 0 Å². The molecule has 0 spiro atoms. The minimum absolute atomic E-state index is 0.0453. The number of rotatable bonds is 3. The van der Waals surface area contributed by atoms with Crippen LogP contribution < -0.4 is 5.73 Å². The van der Waals surface area contributed by atoms with Crippen LogP contribution in [0.15, 0.2) is 22.6 Å². The van der Waals surface area contributed by atoms with Gasteiger partial charge in [-0.2, -0.15) is 5.10 Å². The van der Waals surface area contributed by atoms with Crippen LogP contribution in [0.1, 0.15) is 36.0 Å². The lowest BCUT2D eigenvalue weighted by molar-refractivity contribution is 0.0655. The molecule has 2 aromatic rings. The fourth-order valence-electron chi connectivity index (χ4n) is 2.92. The van der Waals surface area contributed by atoms with Gasteiger partial charge in [-0.1, -0.05) is 0 Å². The Morgan fingerprint density at radius 1 is 1.55 bits per heavy atom. The molecule has 0 radical (unpaired) electrons. The second-order valence-corrected chi connectivity index (χ2v) is 6.09. The van der Waals surface area contributed by atoms with Crippen molar-refractivity contribution in [3.63, 3.8) is 0 Å². The molecule has 6 nitrogen and oxygen atoms in total. The number of nitrogens with one attached hydrogen (secondary N) is 1. The van der Waals surface area contributed by atoms with E-state index in [1.807, 2.05) is 30.9 Å². The highest BCUT2D eigenvalue weighted by molar-refractivity contribution is 5.93. The van der Waals surface area contributed by atoms with Crippen LogP contribution in [-0.2, 0) is 0 Å². The Morgan fingerprint density at radius 2 is 2.36 bits per heavy atom. The molecule has 3 rings (SSSR count). The number of furan rings is 1. The van der Waals surface area contributed by atoms with Crippen molar-refractivity contribution < 1.29 is 9.21 Å². The number of H-pyrrole nitrogens is 1. The van der Waals surface area contributed by atoms with Gasteiger partial charge in [-0.3, -0.25) is 9.89 Å². The summed E-state index contributed by atoms with van der Waals surface area (Å²) in [6.45, 7) is 5.36. The van der Waals surface area contributed by atoms with Gasteiger partial charge in [0, 0.05) is 25.2 Å². The fraction of sp³-hybridized carbons (Fsp3) is 0.500. The number of hydrogen-bond acceptors (Lipinski definition) is 4. The second-order valence-electron chi connectivity index (χ2n) is 6.09. The molecule has 3 N–H and O–H groups in total. The normalized spacial score (nSPS) is 20.1. The average Bonchev–Trinajstić information content (AvgIpc) is 3.15. The number of nitrogens with two attached hydrogens (primary N) is 1. The monoisotopic (exact) mass is 302 g/mol. The Hall–Kier alpha value is -2.08. The third kappa shape index (κ3) is 2.92. The second kappa shape index (κ2) is 5.96. The molecule has 1 aliphatic heterocycles. The van der Waals surface area contributed by atoms with E-state index in [0.717, 1.165) is 30.8 Å². The first kappa shape index (κ1) is 14.8. The standard InChI is InChI=1S/C16H22N4O2/c1-10-5-6-15(22-10)13-8-14(19-18-13)16(21)20-7-3-4-12(9-20)11(2)17/h5-6,8,11-12H,3-4,7,9,17H2,1-2H3,(H,18,19). The molecule has 0 bridgehead atoms. The number of likely N-dealkylation sites (tertiary alicyclic amines) is 1. The number of aryl methyl sites for hydroxylation is 1. The van der Waals surface area contributed by atoms with Crippen LogP contribution in [0.4, 0.5) is 0 Å². The third-order valence-corrected chi connectivity index (χ3v) is 4.29. The number of piperidine rings is 1. The van der Waals surface area contributed by atoms with Crippen molar-refractivity contribution >= 4 is 5.91 Å². The molecule has 2 aromatic heterocycles. The van der Waals surface area contributed by atoms with Crippen LogP contribution >= 0.6 is 0 Å². The summed E-state index contributed by atoms with van der Waals surface area (Å²) in [6, 6.07) is 5.60. The fourth-order valence-corrected chi connectivity index (χ4v) is 2.92. The summed E-state index contributed by atoms with van der Waals surface area (Å²) in [5, 5.41) is 7.01.